The second kappa shape index (κ2) is 9.81. The number of carbonyl (C=O) groups excluding carboxylic acids is 1. The van der Waals surface area contributed by atoms with E-state index in [-0.39, 0.29) is 29.7 Å². The van der Waals surface area contributed by atoms with Crippen LogP contribution in [0.15, 0.2) is 39.1 Å². The number of piperidine rings is 1. The zero-order valence-electron chi connectivity index (χ0n) is 14.6. The number of hydrogen-bond donors (Lipinski definition) is 3. The van der Waals surface area contributed by atoms with Crippen LogP contribution in [0.5, 0.6) is 0 Å². The number of hydrogen-bond acceptors (Lipinski definition) is 5. The Balaban J connectivity index is 0.00000243. The van der Waals surface area contributed by atoms with Gasteiger partial charge in [0, 0.05) is 26.2 Å². The number of nitrogens with one attached hydrogen (secondary N) is 2. The largest absolute Gasteiger partial charge is 0.454 e. The fourth-order valence-electron chi connectivity index (χ4n) is 2.86. The van der Waals surface area contributed by atoms with Crippen molar-refractivity contribution in [3.05, 3.63) is 41.2 Å². The standard InChI is InChI=1S/C17H23N5O2S.HI/c1-19-17(20-11-13-4-5-14(24-13)16(18)23)21-12-6-8-22(9-7-12)15-3-2-10-25-15;/h2-5,10,12H,6-9,11H2,1H3,(H2,18,23)(H2,19,20,21);1H. The first-order valence-electron chi connectivity index (χ1n) is 8.30. The first kappa shape index (κ1) is 20.6. The van der Waals surface area contributed by atoms with Crippen molar-refractivity contribution in [3.63, 3.8) is 0 Å². The number of halogens is 1. The predicted octanol–water partition coefficient (Wildman–Crippen LogP) is 2.39. The molecule has 1 amide bonds. The molecule has 4 N–H and O–H groups in total. The topological polar surface area (TPSA) is 95.9 Å². The van der Waals surface area contributed by atoms with Crippen molar-refractivity contribution >= 4 is 52.2 Å². The first-order chi connectivity index (χ1) is 12.2. The van der Waals surface area contributed by atoms with Gasteiger partial charge in [0.1, 0.15) is 5.76 Å². The summed E-state index contributed by atoms with van der Waals surface area (Å²) in [5.41, 5.74) is 5.19. The molecule has 1 aliphatic heterocycles. The summed E-state index contributed by atoms with van der Waals surface area (Å²) in [6.07, 6.45) is 2.12. The Morgan fingerprint density at radius 3 is 2.73 bits per heavy atom. The van der Waals surface area contributed by atoms with Crippen LogP contribution < -0.4 is 21.3 Å². The second-order valence-electron chi connectivity index (χ2n) is 5.91. The Kier molecular flexibility index (Phi) is 7.76. The van der Waals surface area contributed by atoms with E-state index < -0.39 is 5.91 Å². The van der Waals surface area contributed by atoms with Crippen molar-refractivity contribution in [2.24, 2.45) is 10.7 Å². The highest BCUT2D eigenvalue weighted by Crippen LogP contribution is 2.24. The molecule has 0 aliphatic carbocycles. The fraction of sp³-hybridized carbons (Fsp3) is 0.412. The first-order valence-corrected chi connectivity index (χ1v) is 9.18. The number of furan rings is 1. The fourth-order valence-corrected chi connectivity index (χ4v) is 3.64. The number of nitrogens with two attached hydrogens (primary N) is 1. The van der Waals surface area contributed by atoms with Crippen LogP contribution >= 0.6 is 35.3 Å². The van der Waals surface area contributed by atoms with Gasteiger partial charge in [-0.1, -0.05) is 0 Å². The van der Waals surface area contributed by atoms with E-state index >= 15 is 0 Å². The van der Waals surface area contributed by atoms with Crippen LogP contribution in [0.3, 0.4) is 0 Å². The Morgan fingerprint density at radius 1 is 1.38 bits per heavy atom. The quantitative estimate of drug-likeness (QED) is 0.341. The molecular weight excluding hydrogens is 465 g/mol. The Bertz CT molecular complexity index is 723. The van der Waals surface area contributed by atoms with Gasteiger partial charge >= 0.3 is 0 Å². The molecule has 3 heterocycles. The molecule has 26 heavy (non-hydrogen) atoms. The monoisotopic (exact) mass is 489 g/mol. The van der Waals surface area contributed by atoms with Gasteiger partial charge in [0.15, 0.2) is 11.7 Å². The van der Waals surface area contributed by atoms with E-state index in [1.165, 1.54) is 5.00 Å². The van der Waals surface area contributed by atoms with Gasteiger partial charge in [0.2, 0.25) is 0 Å². The summed E-state index contributed by atoms with van der Waals surface area (Å²) in [6, 6.07) is 7.97. The molecular formula is C17H24IN5O2S. The lowest BCUT2D eigenvalue weighted by atomic mass is 10.1. The van der Waals surface area contributed by atoms with Gasteiger partial charge in [-0.15, -0.1) is 35.3 Å². The summed E-state index contributed by atoms with van der Waals surface area (Å²) in [4.78, 5) is 17.7. The summed E-state index contributed by atoms with van der Waals surface area (Å²) in [7, 11) is 1.74. The number of rotatable bonds is 5. The number of nitrogens with zero attached hydrogens (tertiary/aromatic N) is 2. The summed E-state index contributed by atoms with van der Waals surface area (Å²) in [6.45, 7) is 2.52. The van der Waals surface area contributed by atoms with E-state index in [1.54, 1.807) is 30.5 Å². The second-order valence-corrected chi connectivity index (χ2v) is 6.84. The third kappa shape index (κ3) is 5.37. The highest BCUT2D eigenvalue weighted by molar-refractivity contribution is 14.0. The molecule has 1 aliphatic rings. The molecule has 2 aromatic heterocycles. The van der Waals surface area contributed by atoms with Crippen molar-refractivity contribution in [3.8, 4) is 0 Å². The average molecular weight is 489 g/mol. The van der Waals surface area contributed by atoms with E-state index in [0.717, 1.165) is 31.9 Å². The lowest BCUT2D eigenvalue weighted by Crippen LogP contribution is -2.48. The molecule has 0 spiro atoms. The molecule has 0 unspecified atom stereocenters. The molecule has 0 saturated carbocycles. The van der Waals surface area contributed by atoms with Crippen molar-refractivity contribution in [1.82, 2.24) is 10.6 Å². The van der Waals surface area contributed by atoms with Gasteiger partial charge in [0.05, 0.1) is 11.5 Å². The smallest absolute Gasteiger partial charge is 0.284 e. The highest BCUT2D eigenvalue weighted by atomic mass is 127. The zero-order valence-corrected chi connectivity index (χ0v) is 17.8. The molecule has 1 saturated heterocycles. The minimum absolute atomic E-state index is 0. The molecule has 0 radical (unpaired) electrons. The van der Waals surface area contributed by atoms with Crippen LogP contribution in [0.2, 0.25) is 0 Å². The predicted molar refractivity (Wildman–Crippen MR) is 116 cm³/mol. The number of guanidine groups is 1. The maximum Gasteiger partial charge on any atom is 0.284 e. The molecule has 0 atom stereocenters. The molecule has 1 fully saturated rings. The van der Waals surface area contributed by atoms with Crippen LogP contribution in [0.1, 0.15) is 29.2 Å². The lowest BCUT2D eigenvalue weighted by Gasteiger charge is -2.33. The number of anilines is 1. The van der Waals surface area contributed by atoms with E-state index in [0.29, 0.717) is 18.3 Å². The van der Waals surface area contributed by atoms with Crippen LogP contribution in [0, 0.1) is 0 Å². The molecule has 7 nitrogen and oxygen atoms in total. The molecule has 3 rings (SSSR count). The van der Waals surface area contributed by atoms with Crippen molar-refractivity contribution in [2.45, 2.75) is 25.4 Å². The Morgan fingerprint density at radius 2 is 2.15 bits per heavy atom. The zero-order chi connectivity index (χ0) is 17.6. The minimum atomic E-state index is -0.564. The van der Waals surface area contributed by atoms with Gasteiger partial charge in [-0.05, 0) is 42.5 Å². The van der Waals surface area contributed by atoms with Crippen LogP contribution in [-0.4, -0.2) is 38.0 Å². The van der Waals surface area contributed by atoms with Gasteiger partial charge in [-0.2, -0.15) is 0 Å². The molecule has 2 aromatic rings. The van der Waals surface area contributed by atoms with Gasteiger partial charge < -0.3 is 25.7 Å². The maximum atomic E-state index is 11.1. The molecule has 0 aromatic carbocycles. The van der Waals surface area contributed by atoms with Crippen LogP contribution in [0.25, 0.3) is 0 Å². The van der Waals surface area contributed by atoms with Crippen LogP contribution in [0.4, 0.5) is 5.00 Å². The third-order valence-electron chi connectivity index (χ3n) is 4.21. The van der Waals surface area contributed by atoms with E-state index in [1.807, 2.05) is 0 Å². The van der Waals surface area contributed by atoms with E-state index in [4.69, 9.17) is 10.2 Å². The lowest BCUT2D eigenvalue weighted by molar-refractivity contribution is 0.0972. The van der Waals surface area contributed by atoms with Crippen LogP contribution in [-0.2, 0) is 6.54 Å². The number of carbonyl (C=O) groups is 1. The van der Waals surface area contributed by atoms with Crippen molar-refractivity contribution < 1.29 is 9.21 Å². The molecule has 0 bridgehead atoms. The molecule has 142 valence electrons. The average Bonchev–Trinajstić information content (AvgIpc) is 3.31. The van der Waals surface area contributed by atoms with Crippen molar-refractivity contribution in [1.29, 1.82) is 0 Å². The maximum absolute atomic E-state index is 11.1. The number of thiophene rings is 1. The Hall–Kier alpha value is -1.75. The SMILES string of the molecule is CN=C(NCc1ccc(C(N)=O)o1)NC1CCN(c2cccs2)CC1.I. The summed E-state index contributed by atoms with van der Waals surface area (Å²) in [5, 5.41) is 10.1. The normalized spacial score (nSPS) is 15.4. The summed E-state index contributed by atoms with van der Waals surface area (Å²) < 4.78 is 5.36. The van der Waals surface area contributed by atoms with Gasteiger partial charge in [-0.25, -0.2) is 0 Å². The minimum Gasteiger partial charge on any atom is -0.454 e. The molecule has 9 heteroatoms. The van der Waals surface area contributed by atoms with Crippen molar-refractivity contribution in [2.75, 3.05) is 25.0 Å². The van der Waals surface area contributed by atoms with Gasteiger partial charge in [0.25, 0.3) is 5.91 Å². The summed E-state index contributed by atoms with van der Waals surface area (Å²) >= 11 is 1.78. The number of primary amides is 1. The van der Waals surface area contributed by atoms with E-state index in [2.05, 4.69) is 38.0 Å². The highest BCUT2D eigenvalue weighted by Gasteiger charge is 2.20. The number of amides is 1. The third-order valence-corrected chi connectivity index (χ3v) is 5.14. The van der Waals surface area contributed by atoms with Gasteiger partial charge in [-0.3, -0.25) is 9.79 Å². The Labute approximate surface area is 174 Å². The summed E-state index contributed by atoms with van der Waals surface area (Å²) in [5.74, 6) is 0.975. The number of aliphatic imine (C=N–C) groups is 1. The van der Waals surface area contributed by atoms with E-state index in [9.17, 15) is 4.79 Å².